The Hall–Kier alpha value is -4.05. The molecule has 0 aliphatic carbocycles. The molecule has 4 rings (SSSR count). The maximum absolute atomic E-state index is 5.53. The van der Waals surface area contributed by atoms with Crippen molar-refractivity contribution in [3.05, 3.63) is 78.3 Å². The molecule has 0 saturated carbocycles. The van der Waals surface area contributed by atoms with E-state index in [4.69, 9.17) is 15.9 Å². The lowest BCUT2D eigenvalue weighted by Crippen LogP contribution is -2.05. The molecule has 0 aromatic carbocycles. The first kappa shape index (κ1) is 18.3. The van der Waals surface area contributed by atoms with E-state index in [9.17, 15) is 0 Å². The fourth-order valence-corrected chi connectivity index (χ4v) is 3.03. The van der Waals surface area contributed by atoms with Crippen molar-refractivity contribution in [2.45, 2.75) is 19.9 Å². The highest BCUT2D eigenvalue weighted by Gasteiger charge is 2.23. The van der Waals surface area contributed by atoms with E-state index < -0.39 is 0 Å². The molecule has 0 bridgehead atoms. The van der Waals surface area contributed by atoms with E-state index in [0.29, 0.717) is 35.9 Å². The monoisotopic (exact) mass is 382 g/mol. The quantitative estimate of drug-likeness (QED) is 0.508. The predicted octanol–water partition coefficient (Wildman–Crippen LogP) is 3.62. The van der Waals surface area contributed by atoms with Crippen molar-refractivity contribution in [3.8, 4) is 23.9 Å². The highest BCUT2D eigenvalue weighted by Crippen LogP contribution is 2.28. The summed E-state index contributed by atoms with van der Waals surface area (Å²) >= 11 is 0. The van der Waals surface area contributed by atoms with Crippen LogP contribution < -0.4 is 0 Å². The molecule has 0 atom stereocenters. The zero-order valence-electron chi connectivity index (χ0n) is 15.9. The van der Waals surface area contributed by atoms with E-state index in [1.54, 1.807) is 25.5 Å². The number of rotatable bonds is 4. The first-order valence-electron chi connectivity index (χ1n) is 9.01. The van der Waals surface area contributed by atoms with Crippen molar-refractivity contribution < 1.29 is 4.52 Å². The molecular weight excluding hydrogens is 364 g/mol. The number of allylic oxidation sites excluding steroid dienone is 5. The van der Waals surface area contributed by atoms with Gasteiger partial charge in [0.25, 0.3) is 5.89 Å². The van der Waals surface area contributed by atoms with E-state index in [1.165, 1.54) is 0 Å². The van der Waals surface area contributed by atoms with E-state index in [2.05, 4.69) is 32.6 Å². The third-order valence-corrected chi connectivity index (χ3v) is 4.48. The number of fused-ring (bicyclic) bond motifs is 1. The number of aromatic nitrogens is 5. The molecule has 0 saturated heterocycles. The summed E-state index contributed by atoms with van der Waals surface area (Å²) in [6, 6.07) is 5.78. The van der Waals surface area contributed by atoms with Gasteiger partial charge in [0, 0.05) is 23.9 Å². The van der Waals surface area contributed by atoms with Gasteiger partial charge in [-0.3, -0.25) is 9.98 Å². The number of hydrogen-bond acceptors (Lipinski definition) is 6. The van der Waals surface area contributed by atoms with Crippen molar-refractivity contribution >= 4 is 11.4 Å². The second-order valence-corrected chi connectivity index (χ2v) is 6.34. The molecule has 0 radical (unpaired) electrons. The highest BCUT2D eigenvalue weighted by molar-refractivity contribution is 6.03. The van der Waals surface area contributed by atoms with Crippen LogP contribution in [0.2, 0.25) is 0 Å². The summed E-state index contributed by atoms with van der Waals surface area (Å²) in [5.74, 6) is 3.53. The van der Waals surface area contributed by atoms with Crippen molar-refractivity contribution in [1.29, 1.82) is 0 Å². The SMILES string of the molecule is C#C/C(C=C)=C/C=C1\CC(c2ccccn2)=NCc2c(-c3nc(C)no3)ncn21. The predicted molar refractivity (Wildman–Crippen MR) is 111 cm³/mol. The maximum Gasteiger partial charge on any atom is 0.278 e. The van der Waals surface area contributed by atoms with Crippen LogP contribution in [0.25, 0.3) is 17.3 Å². The van der Waals surface area contributed by atoms with Gasteiger partial charge in [0.2, 0.25) is 0 Å². The van der Waals surface area contributed by atoms with E-state index in [1.807, 2.05) is 34.9 Å². The smallest absolute Gasteiger partial charge is 0.278 e. The summed E-state index contributed by atoms with van der Waals surface area (Å²) in [6.07, 6.45) is 15.0. The number of nitrogens with zero attached hydrogens (tertiary/aromatic N) is 6. The van der Waals surface area contributed by atoms with Crippen LogP contribution in [0.3, 0.4) is 0 Å². The summed E-state index contributed by atoms with van der Waals surface area (Å²) in [5, 5.41) is 3.87. The molecule has 3 aromatic rings. The van der Waals surface area contributed by atoms with Gasteiger partial charge >= 0.3 is 0 Å². The highest BCUT2D eigenvalue weighted by atomic mass is 16.5. The van der Waals surface area contributed by atoms with Crippen LogP contribution in [-0.4, -0.2) is 30.4 Å². The Morgan fingerprint density at radius 2 is 2.24 bits per heavy atom. The van der Waals surface area contributed by atoms with Crippen LogP contribution in [0.15, 0.2) is 70.6 Å². The molecule has 0 unspecified atom stereocenters. The summed E-state index contributed by atoms with van der Waals surface area (Å²) < 4.78 is 7.31. The van der Waals surface area contributed by atoms with Crippen molar-refractivity contribution in [2.75, 3.05) is 0 Å². The lowest BCUT2D eigenvalue weighted by Gasteiger charge is -2.09. The Balaban J connectivity index is 1.84. The molecule has 3 aromatic heterocycles. The van der Waals surface area contributed by atoms with E-state index in [-0.39, 0.29) is 0 Å². The second-order valence-electron chi connectivity index (χ2n) is 6.34. The molecule has 29 heavy (non-hydrogen) atoms. The first-order valence-corrected chi connectivity index (χ1v) is 9.01. The van der Waals surface area contributed by atoms with Gasteiger partial charge in [-0.05, 0) is 31.2 Å². The molecule has 0 fully saturated rings. The average molecular weight is 382 g/mol. The molecule has 7 heteroatoms. The average Bonchev–Trinajstić information content (AvgIpc) is 3.32. The first-order chi connectivity index (χ1) is 14.2. The Kier molecular flexibility index (Phi) is 4.99. The van der Waals surface area contributed by atoms with Gasteiger partial charge in [0.15, 0.2) is 11.5 Å². The van der Waals surface area contributed by atoms with Crippen LogP contribution in [0.5, 0.6) is 0 Å². The summed E-state index contributed by atoms with van der Waals surface area (Å²) in [4.78, 5) is 18.1. The van der Waals surface area contributed by atoms with Gasteiger partial charge < -0.3 is 9.09 Å². The van der Waals surface area contributed by atoms with Crippen LogP contribution in [-0.2, 0) is 6.54 Å². The third-order valence-electron chi connectivity index (χ3n) is 4.48. The molecule has 0 amide bonds. The zero-order chi connectivity index (χ0) is 20.2. The molecule has 142 valence electrons. The van der Waals surface area contributed by atoms with Gasteiger partial charge in [0.1, 0.15) is 6.33 Å². The normalized spacial score (nSPS) is 15.4. The van der Waals surface area contributed by atoms with Crippen molar-refractivity contribution in [1.82, 2.24) is 24.7 Å². The van der Waals surface area contributed by atoms with Gasteiger partial charge in [-0.2, -0.15) is 4.98 Å². The molecule has 4 heterocycles. The Labute approximate surface area is 168 Å². The Morgan fingerprint density at radius 3 is 2.93 bits per heavy atom. The molecule has 7 nitrogen and oxygen atoms in total. The molecular formula is C22H18N6O. The van der Waals surface area contributed by atoms with Crippen LogP contribution in [0, 0.1) is 19.3 Å². The minimum absolute atomic E-state index is 0.373. The second kappa shape index (κ2) is 7.90. The van der Waals surface area contributed by atoms with Gasteiger partial charge in [-0.15, -0.1) is 6.42 Å². The number of aliphatic imine (C=N–C) groups is 1. The largest absolute Gasteiger partial charge is 0.332 e. The number of pyridine rings is 1. The number of aryl methyl sites for hydroxylation is 1. The molecule has 1 aliphatic rings. The Morgan fingerprint density at radius 1 is 1.34 bits per heavy atom. The third kappa shape index (κ3) is 3.69. The maximum atomic E-state index is 5.53. The fraction of sp³-hybridized carbons (Fsp3) is 0.136. The van der Waals surface area contributed by atoms with Gasteiger partial charge in [0.05, 0.1) is 23.6 Å². The topological polar surface area (TPSA) is 82.0 Å². The fourth-order valence-electron chi connectivity index (χ4n) is 3.03. The Bertz CT molecular complexity index is 1190. The lowest BCUT2D eigenvalue weighted by molar-refractivity contribution is 0.424. The number of imidazole rings is 1. The standard InChI is InChI=1S/C22H18N6O/c1-4-16(5-2)9-10-17-12-19(18-8-6-7-11-23-18)24-13-20-21(25-14-28(17)20)22-26-15(3)27-29-22/h1,5-11,14H,2,12-13H2,3H3/b16-9-,17-10+. The molecule has 1 aliphatic heterocycles. The van der Waals surface area contributed by atoms with Crippen molar-refractivity contribution in [2.24, 2.45) is 4.99 Å². The minimum Gasteiger partial charge on any atom is -0.332 e. The van der Waals surface area contributed by atoms with E-state index in [0.717, 1.165) is 22.8 Å². The van der Waals surface area contributed by atoms with Crippen molar-refractivity contribution in [3.63, 3.8) is 0 Å². The molecule has 0 spiro atoms. The lowest BCUT2D eigenvalue weighted by atomic mass is 10.1. The van der Waals surface area contributed by atoms with Gasteiger partial charge in [-0.25, -0.2) is 4.98 Å². The van der Waals surface area contributed by atoms with Crippen LogP contribution in [0.4, 0.5) is 0 Å². The van der Waals surface area contributed by atoms with Gasteiger partial charge in [-0.1, -0.05) is 29.8 Å². The number of terminal acetylenes is 1. The molecule has 0 N–H and O–H groups in total. The van der Waals surface area contributed by atoms with E-state index >= 15 is 0 Å². The summed E-state index contributed by atoms with van der Waals surface area (Å²) in [5.41, 5.74) is 4.83. The summed E-state index contributed by atoms with van der Waals surface area (Å²) in [7, 11) is 0. The zero-order valence-corrected chi connectivity index (χ0v) is 15.9. The van der Waals surface area contributed by atoms with Crippen LogP contribution in [0.1, 0.15) is 23.6 Å². The van der Waals surface area contributed by atoms with Crippen LogP contribution >= 0.6 is 0 Å². The minimum atomic E-state index is 0.373. The summed E-state index contributed by atoms with van der Waals surface area (Å²) in [6.45, 7) is 5.93. The number of hydrogen-bond donors (Lipinski definition) is 0.